The number of nitro groups is 1. The van der Waals surface area contributed by atoms with Gasteiger partial charge in [-0.25, -0.2) is 4.98 Å². The van der Waals surface area contributed by atoms with Crippen molar-refractivity contribution in [2.45, 2.75) is 6.61 Å². The second-order valence-electron chi connectivity index (χ2n) is 3.72. The van der Waals surface area contributed by atoms with Gasteiger partial charge >= 0.3 is 5.69 Å². The summed E-state index contributed by atoms with van der Waals surface area (Å²) in [4.78, 5) is 17.5. The fourth-order valence-electron chi connectivity index (χ4n) is 1.52. The van der Waals surface area contributed by atoms with Crippen molar-refractivity contribution in [3.63, 3.8) is 0 Å². The molecule has 8 heteroatoms. The van der Waals surface area contributed by atoms with E-state index in [0.29, 0.717) is 5.75 Å². The molecule has 1 heterocycles. The van der Waals surface area contributed by atoms with Gasteiger partial charge in [0, 0.05) is 0 Å². The number of nitrogens with zero attached hydrogens (tertiary/aromatic N) is 3. The summed E-state index contributed by atoms with van der Waals surface area (Å²) in [6.45, 7) is 0.103. The van der Waals surface area contributed by atoms with Crippen LogP contribution in [0.15, 0.2) is 30.6 Å². The van der Waals surface area contributed by atoms with E-state index in [2.05, 4.69) is 9.97 Å². The van der Waals surface area contributed by atoms with E-state index >= 15 is 0 Å². The first-order chi connectivity index (χ1) is 9.61. The summed E-state index contributed by atoms with van der Waals surface area (Å²) in [5.41, 5.74) is 0.338. The molecule has 1 aromatic carbocycles. The Hall–Kier alpha value is -2.41. The summed E-state index contributed by atoms with van der Waals surface area (Å²) >= 11 is 5.66. The fourth-order valence-corrected chi connectivity index (χ4v) is 1.71. The van der Waals surface area contributed by atoms with Gasteiger partial charge in [-0.05, 0) is 17.7 Å². The average molecular weight is 296 g/mol. The van der Waals surface area contributed by atoms with Crippen molar-refractivity contribution < 1.29 is 14.4 Å². The van der Waals surface area contributed by atoms with Crippen LogP contribution >= 0.6 is 11.6 Å². The van der Waals surface area contributed by atoms with Gasteiger partial charge < -0.3 is 9.47 Å². The van der Waals surface area contributed by atoms with Crippen molar-refractivity contribution in [2.75, 3.05) is 7.11 Å². The van der Waals surface area contributed by atoms with E-state index in [0.717, 1.165) is 11.9 Å². The molecule has 0 saturated heterocycles. The van der Waals surface area contributed by atoms with Crippen LogP contribution in [-0.2, 0) is 6.61 Å². The van der Waals surface area contributed by atoms with Crippen LogP contribution in [-0.4, -0.2) is 22.0 Å². The molecule has 2 aromatic rings. The van der Waals surface area contributed by atoms with E-state index < -0.39 is 10.6 Å². The number of aromatic nitrogens is 2. The first-order valence-electron chi connectivity index (χ1n) is 5.52. The standard InChI is InChI=1S/C12H10ClN3O4/c1-19-9-4-2-3-8(5-9)6-20-12-10(16(17)18)11(13)14-7-15-12/h2-5,7H,6H2,1H3. The molecule has 7 nitrogen and oxygen atoms in total. The molecule has 0 atom stereocenters. The second-order valence-corrected chi connectivity index (χ2v) is 4.07. The van der Waals surface area contributed by atoms with Gasteiger partial charge in [0.25, 0.3) is 5.88 Å². The highest BCUT2D eigenvalue weighted by atomic mass is 35.5. The molecule has 0 spiro atoms. The first kappa shape index (κ1) is 14.0. The Morgan fingerprint density at radius 3 is 2.90 bits per heavy atom. The smallest absolute Gasteiger partial charge is 0.367 e. The van der Waals surface area contributed by atoms with Crippen molar-refractivity contribution in [3.8, 4) is 11.6 Å². The van der Waals surface area contributed by atoms with Gasteiger partial charge in [0.15, 0.2) is 0 Å². The normalized spacial score (nSPS) is 10.1. The monoisotopic (exact) mass is 295 g/mol. The zero-order chi connectivity index (χ0) is 14.5. The van der Waals surface area contributed by atoms with Gasteiger partial charge in [-0.15, -0.1) is 0 Å². The minimum absolute atomic E-state index is 0.103. The number of methoxy groups -OCH3 is 1. The predicted molar refractivity (Wildman–Crippen MR) is 71.0 cm³/mol. The first-order valence-corrected chi connectivity index (χ1v) is 5.90. The summed E-state index contributed by atoms with van der Waals surface area (Å²) in [7, 11) is 1.55. The minimum atomic E-state index is -0.677. The zero-order valence-corrected chi connectivity index (χ0v) is 11.2. The summed E-state index contributed by atoms with van der Waals surface area (Å²) in [6, 6.07) is 7.14. The average Bonchev–Trinajstić information content (AvgIpc) is 2.45. The van der Waals surface area contributed by atoms with Crippen LogP contribution in [0.5, 0.6) is 11.6 Å². The molecule has 2 rings (SSSR count). The Kier molecular flexibility index (Phi) is 4.31. The number of benzene rings is 1. The second kappa shape index (κ2) is 6.16. The third-order valence-corrected chi connectivity index (χ3v) is 2.71. The largest absolute Gasteiger partial charge is 0.497 e. The molecule has 0 aliphatic carbocycles. The van der Waals surface area contributed by atoms with Crippen LogP contribution in [0.25, 0.3) is 0 Å². The van der Waals surface area contributed by atoms with Gasteiger partial charge in [-0.2, -0.15) is 4.98 Å². The SMILES string of the molecule is COc1cccc(COc2ncnc(Cl)c2[N+](=O)[O-])c1. The highest BCUT2D eigenvalue weighted by Gasteiger charge is 2.23. The molecule has 20 heavy (non-hydrogen) atoms. The van der Waals surface area contributed by atoms with Crippen LogP contribution in [0.3, 0.4) is 0 Å². The van der Waals surface area contributed by atoms with Crippen molar-refractivity contribution in [1.82, 2.24) is 9.97 Å². The highest BCUT2D eigenvalue weighted by molar-refractivity contribution is 6.31. The van der Waals surface area contributed by atoms with E-state index in [1.165, 1.54) is 0 Å². The molecule has 1 aromatic heterocycles. The van der Waals surface area contributed by atoms with E-state index in [-0.39, 0.29) is 17.6 Å². The van der Waals surface area contributed by atoms with Gasteiger partial charge in [0.2, 0.25) is 5.15 Å². The van der Waals surface area contributed by atoms with Crippen LogP contribution in [0.1, 0.15) is 5.56 Å². The molecule has 0 amide bonds. The number of hydrogen-bond donors (Lipinski definition) is 0. The lowest BCUT2D eigenvalue weighted by Gasteiger charge is -2.07. The van der Waals surface area contributed by atoms with Crippen molar-refractivity contribution in [3.05, 3.63) is 51.4 Å². The number of halogens is 1. The molecular weight excluding hydrogens is 286 g/mol. The van der Waals surface area contributed by atoms with E-state index in [4.69, 9.17) is 21.1 Å². The lowest BCUT2D eigenvalue weighted by atomic mass is 10.2. The number of rotatable bonds is 5. The third kappa shape index (κ3) is 3.12. The Labute approximate surface area is 119 Å². The number of hydrogen-bond acceptors (Lipinski definition) is 6. The summed E-state index contributed by atoms with van der Waals surface area (Å²) < 4.78 is 10.4. The van der Waals surface area contributed by atoms with Crippen LogP contribution in [0, 0.1) is 10.1 Å². The van der Waals surface area contributed by atoms with Gasteiger partial charge in [0.1, 0.15) is 18.7 Å². The molecule has 0 N–H and O–H groups in total. The molecule has 0 aliphatic heterocycles. The van der Waals surface area contributed by atoms with E-state index in [9.17, 15) is 10.1 Å². The maximum atomic E-state index is 10.9. The maximum Gasteiger partial charge on any atom is 0.367 e. The van der Waals surface area contributed by atoms with Crippen LogP contribution in [0.2, 0.25) is 5.15 Å². The molecule has 0 fully saturated rings. The van der Waals surface area contributed by atoms with Gasteiger partial charge in [0.05, 0.1) is 12.0 Å². The molecule has 104 valence electrons. The number of ether oxygens (including phenoxy) is 2. The molecular formula is C12H10ClN3O4. The van der Waals surface area contributed by atoms with Crippen molar-refractivity contribution in [1.29, 1.82) is 0 Å². The van der Waals surface area contributed by atoms with Gasteiger partial charge in [-0.1, -0.05) is 23.7 Å². The van der Waals surface area contributed by atoms with Crippen LogP contribution in [0.4, 0.5) is 5.69 Å². The molecule has 0 bridgehead atoms. The van der Waals surface area contributed by atoms with Crippen molar-refractivity contribution in [2.24, 2.45) is 0 Å². The van der Waals surface area contributed by atoms with E-state index in [1.54, 1.807) is 31.4 Å². The molecule has 0 aliphatic rings. The van der Waals surface area contributed by atoms with Crippen molar-refractivity contribution >= 4 is 17.3 Å². The summed E-state index contributed by atoms with van der Waals surface area (Å²) in [5, 5.41) is 10.6. The lowest BCUT2D eigenvalue weighted by molar-refractivity contribution is -0.386. The Morgan fingerprint density at radius 2 is 2.20 bits per heavy atom. The Bertz CT molecular complexity index is 636. The lowest BCUT2D eigenvalue weighted by Crippen LogP contribution is -2.02. The molecule has 0 radical (unpaired) electrons. The Balaban J connectivity index is 2.18. The Morgan fingerprint density at radius 1 is 1.40 bits per heavy atom. The quantitative estimate of drug-likeness (QED) is 0.479. The highest BCUT2D eigenvalue weighted by Crippen LogP contribution is 2.30. The van der Waals surface area contributed by atoms with E-state index in [1.807, 2.05) is 0 Å². The zero-order valence-electron chi connectivity index (χ0n) is 10.4. The fraction of sp³-hybridized carbons (Fsp3) is 0.167. The summed E-state index contributed by atoms with van der Waals surface area (Å²) in [5.74, 6) is 0.499. The molecule has 0 unspecified atom stereocenters. The molecule has 0 saturated carbocycles. The predicted octanol–water partition coefficient (Wildman–Crippen LogP) is 2.63. The van der Waals surface area contributed by atoms with Gasteiger partial charge in [-0.3, -0.25) is 10.1 Å². The maximum absolute atomic E-state index is 10.9. The third-order valence-electron chi connectivity index (χ3n) is 2.44. The minimum Gasteiger partial charge on any atom is -0.497 e. The summed E-state index contributed by atoms with van der Waals surface area (Å²) in [6.07, 6.45) is 1.11. The van der Waals surface area contributed by atoms with Crippen LogP contribution < -0.4 is 9.47 Å². The topological polar surface area (TPSA) is 87.4 Å².